The summed E-state index contributed by atoms with van der Waals surface area (Å²) in [6, 6.07) is 8.38. The predicted molar refractivity (Wildman–Crippen MR) is 68.3 cm³/mol. The van der Waals surface area contributed by atoms with Gasteiger partial charge in [-0.3, -0.25) is 0 Å². The van der Waals surface area contributed by atoms with Crippen molar-refractivity contribution in [1.82, 2.24) is 0 Å². The molecule has 0 heterocycles. The Labute approximate surface area is 113 Å². The number of rotatable bonds is 1. The molecule has 0 spiro atoms. The van der Waals surface area contributed by atoms with Gasteiger partial charge in [0.05, 0.1) is 10.6 Å². The van der Waals surface area contributed by atoms with Crippen LogP contribution >= 0.6 is 11.6 Å². The van der Waals surface area contributed by atoms with Gasteiger partial charge in [0.25, 0.3) is 0 Å². The van der Waals surface area contributed by atoms with Crippen molar-refractivity contribution in [3.63, 3.8) is 0 Å². The highest BCUT2D eigenvalue weighted by atomic mass is 35.5. The first-order valence-corrected chi connectivity index (χ1v) is 5.84. The first-order chi connectivity index (χ1) is 8.80. The molecule has 0 atom stereocenters. The lowest BCUT2D eigenvalue weighted by molar-refractivity contribution is -0.137. The van der Waals surface area contributed by atoms with Crippen LogP contribution in [0.15, 0.2) is 36.4 Å². The van der Waals surface area contributed by atoms with Crippen LogP contribution in [0.4, 0.5) is 13.2 Å². The zero-order valence-electron chi connectivity index (χ0n) is 9.92. The fourth-order valence-corrected chi connectivity index (χ4v) is 2.15. The van der Waals surface area contributed by atoms with E-state index in [0.717, 1.165) is 6.07 Å². The molecule has 1 N–H and O–H groups in total. The molecule has 0 amide bonds. The van der Waals surface area contributed by atoms with Crippen LogP contribution in [0.25, 0.3) is 11.1 Å². The summed E-state index contributed by atoms with van der Waals surface area (Å²) in [5, 5.41) is 9.44. The zero-order chi connectivity index (χ0) is 14.2. The summed E-state index contributed by atoms with van der Waals surface area (Å²) in [5.41, 5.74) is 0.446. The van der Waals surface area contributed by atoms with E-state index in [9.17, 15) is 18.3 Å². The van der Waals surface area contributed by atoms with E-state index < -0.39 is 11.7 Å². The zero-order valence-corrected chi connectivity index (χ0v) is 10.7. The van der Waals surface area contributed by atoms with E-state index in [1.54, 1.807) is 19.1 Å². The second-order valence-electron chi connectivity index (χ2n) is 4.16. The van der Waals surface area contributed by atoms with Gasteiger partial charge in [-0.2, -0.15) is 13.2 Å². The van der Waals surface area contributed by atoms with Crippen molar-refractivity contribution in [1.29, 1.82) is 0 Å². The van der Waals surface area contributed by atoms with Crippen LogP contribution in [0.1, 0.15) is 11.1 Å². The molecule has 19 heavy (non-hydrogen) atoms. The molecule has 0 aliphatic rings. The quantitative estimate of drug-likeness (QED) is 0.778. The molecular formula is C14H10ClF3O. The highest BCUT2D eigenvalue weighted by molar-refractivity contribution is 6.31. The number of phenols is 1. The van der Waals surface area contributed by atoms with Crippen LogP contribution in [-0.4, -0.2) is 5.11 Å². The lowest BCUT2D eigenvalue weighted by atomic mass is 9.98. The molecule has 0 unspecified atom stereocenters. The molecule has 0 aliphatic carbocycles. The van der Waals surface area contributed by atoms with Gasteiger partial charge < -0.3 is 5.11 Å². The summed E-state index contributed by atoms with van der Waals surface area (Å²) in [6.45, 7) is 1.72. The van der Waals surface area contributed by atoms with E-state index in [0.29, 0.717) is 11.1 Å². The predicted octanol–water partition coefficient (Wildman–Crippen LogP) is 5.04. The number of hydrogen-bond donors (Lipinski definition) is 1. The average Bonchev–Trinajstić information content (AvgIpc) is 2.29. The Morgan fingerprint density at radius 3 is 2.37 bits per heavy atom. The Kier molecular flexibility index (Phi) is 3.45. The highest BCUT2D eigenvalue weighted by Crippen LogP contribution is 2.39. The Hall–Kier alpha value is -1.68. The van der Waals surface area contributed by atoms with E-state index in [1.807, 2.05) is 0 Å². The Bertz CT molecular complexity index is 600. The molecule has 0 bridgehead atoms. The van der Waals surface area contributed by atoms with Gasteiger partial charge in [0.1, 0.15) is 5.75 Å². The Morgan fingerprint density at radius 2 is 1.79 bits per heavy atom. The van der Waals surface area contributed by atoms with Crippen LogP contribution < -0.4 is 0 Å². The van der Waals surface area contributed by atoms with E-state index in [4.69, 9.17) is 11.6 Å². The number of benzene rings is 2. The lowest BCUT2D eigenvalue weighted by Crippen LogP contribution is -2.06. The molecule has 2 aromatic rings. The van der Waals surface area contributed by atoms with Crippen LogP contribution in [0.5, 0.6) is 5.75 Å². The van der Waals surface area contributed by atoms with Crippen molar-refractivity contribution in [2.45, 2.75) is 13.1 Å². The molecule has 2 aromatic carbocycles. The SMILES string of the molecule is Cc1cccc(O)c1-c1ccc(Cl)c(C(F)(F)F)c1. The number of phenolic OH excluding ortho intramolecular Hbond substituents is 1. The van der Waals surface area contributed by atoms with Crippen LogP contribution in [-0.2, 0) is 6.18 Å². The van der Waals surface area contributed by atoms with Gasteiger partial charge >= 0.3 is 6.18 Å². The highest BCUT2D eigenvalue weighted by Gasteiger charge is 2.33. The summed E-state index contributed by atoms with van der Waals surface area (Å²) in [7, 11) is 0. The topological polar surface area (TPSA) is 20.2 Å². The minimum atomic E-state index is -4.52. The summed E-state index contributed by atoms with van der Waals surface area (Å²) in [5.74, 6) is -0.0598. The monoisotopic (exact) mass is 286 g/mol. The summed E-state index contributed by atoms with van der Waals surface area (Å²) in [6.07, 6.45) is -4.52. The van der Waals surface area contributed by atoms with Gasteiger partial charge in [-0.1, -0.05) is 29.8 Å². The minimum Gasteiger partial charge on any atom is -0.507 e. The van der Waals surface area contributed by atoms with Gasteiger partial charge in [0, 0.05) is 5.56 Å². The standard InChI is InChI=1S/C14H10ClF3O/c1-8-3-2-4-12(19)13(8)9-5-6-11(15)10(7-9)14(16,17)18/h2-7,19H,1H3. The molecule has 0 fully saturated rings. The third-order valence-corrected chi connectivity index (χ3v) is 3.14. The molecular weight excluding hydrogens is 277 g/mol. The maximum atomic E-state index is 12.8. The lowest BCUT2D eigenvalue weighted by Gasteiger charge is -2.13. The first-order valence-electron chi connectivity index (χ1n) is 5.46. The fraction of sp³-hybridized carbons (Fsp3) is 0.143. The van der Waals surface area contributed by atoms with Crippen molar-refractivity contribution in [2.24, 2.45) is 0 Å². The Balaban J connectivity index is 2.65. The van der Waals surface area contributed by atoms with Crippen molar-refractivity contribution < 1.29 is 18.3 Å². The third kappa shape index (κ3) is 2.68. The molecule has 0 saturated carbocycles. The normalized spacial score (nSPS) is 11.6. The molecule has 5 heteroatoms. The van der Waals surface area contributed by atoms with Crippen LogP contribution in [0, 0.1) is 6.92 Å². The second kappa shape index (κ2) is 4.78. The number of aromatic hydroxyl groups is 1. The smallest absolute Gasteiger partial charge is 0.417 e. The summed E-state index contributed by atoms with van der Waals surface area (Å²) < 4.78 is 38.4. The van der Waals surface area contributed by atoms with Gasteiger partial charge in [-0.05, 0) is 36.2 Å². The largest absolute Gasteiger partial charge is 0.507 e. The third-order valence-electron chi connectivity index (χ3n) is 2.81. The number of alkyl halides is 3. The van der Waals surface area contributed by atoms with E-state index in [-0.39, 0.29) is 16.3 Å². The number of hydrogen-bond acceptors (Lipinski definition) is 1. The number of halogens is 4. The molecule has 1 nitrogen and oxygen atoms in total. The van der Waals surface area contributed by atoms with Gasteiger partial charge in [-0.15, -0.1) is 0 Å². The van der Waals surface area contributed by atoms with E-state index in [2.05, 4.69) is 0 Å². The average molecular weight is 287 g/mol. The van der Waals surface area contributed by atoms with Gasteiger partial charge in [-0.25, -0.2) is 0 Å². The molecule has 0 aliphatic heterocycles. The molecule has 0 aromatic heterocycles. The first kappa shape index (κ1) is 13.7. The van der Waals surface area contributed by atoms with Crippen molar-refractivity contribution in [2.75, 3.05) is 0 Å². The maximum Gasteiger partial charge on any atom is 0.417 e. The summed E-state index contributed by atoms with van der Waals surface area (Å²) >= 11 is 5.57. The van der Waals surface area contributed by atoms with Crippen molar-refractivity contribution in [3.05, 3.63) is 52.5 Å². The summed E-state index contributed by atoms with van der Waals surface area (Å²) in [4.78, 5) is 0. The van der Waals surface area contributed by atoms with E-state index in [1.165, 1.54) is 18.2 Å². The molecule has 2 rings (SSSR count). The fourth-order valence-electron chi connectivity index (χ4n) is 1.93. The van der Waals surface area contributed by atoms with Gasteiger partial charge in [0.2, 0.25) is 0 Å². The number of aryl methyl sites for hydroxylation is 1. The van der Waals surface area contributed by atoms with E-state index >= 15 is 0 Å². The van der Waals surface area contributed by atoms with Gasteiger partial charge in [0.15, 0.2) is 0 Å². The Morgan fingerprint density at radius 1 is 1.11 bits per heavy atom. The second-order valence-corrected chi connectivity index (χ2v) is 4.57. The maximum absolute atomic E-state index is 12.8. The molecule has 0 saturated heterocycles. The molecule has 0 radical (unpaired) electrons. The molecule has 100 valence electrons. The minimum absolute atomic E-state index is 0.0598. The van der Waals surface area contributed by atoms with Crippen LogP contribution in [0.2, 0.25) is 5.02 Å². The van der Waals surface area contributed by atoms with Crippen molar-refractivity contribution in [3.8, 4) is 16.9 Å². The van der Waals surface area contributed by atoms with Crippen molar-refractivity contribution >= 4 is 11.6 Å². The van der Waals surface area contributed by atoms with Crippen LogP contribution in [0.3, 0.4) is 0 Å².